The highest BCUT2D eigenvalue weighted by Crippen LogP contribution is 2.46. The molecule has 2 aliphatic rings. The average molecular weight is 536 g/mol. The van der Waals surface area contributed by atoms with Gasteiger partial charge in [0.2, 0.25) is 0 Å². The Labute approximate surface area is 219 Å². The van der Waals surface area contributed by atoms with Crippen molar-refractivity contribution in [3.63, 3.8) is 0 Å². The molecule has 2 N–H and O–H groups in total. The van der Waals surface area contributed by atoms with Gasteiger partial charge in [-0.1, -0.05) is 46.6 Å². The summed E-state index contributed by atoms with van der Waals surface area (Å²) in [5, 5.41) is 23.4. The fourth-order valence-electron chi connectivity index (χ4n) is 4.24. The molecule has 6 nitrogen and oxygen atoms in total. The molecule has 2 aliphatic carbocycles. The van der Waals surface area contributed by atoms with Gasteiger partial charge in [0.15, 0.2) is 0 Å². The molecule has 1 heterocycles. The molecule has 9 heteroatoms. The standard InChI is InChI=1S/C19H21Cl2NO3.C8H7FO2/c20-15-2-1-3-16(21)17(15)18-14(19(25-22-18)11-4-5-11)10-24-13-8-6-12(23)7-9-13;9-7-3-1-6(2-4-7)5-8(10)11/h1-3,11-13,23H,4-10H2;1-4H,5H2,(H,10,11). The number of halogens is 3. The SMILES string of the molecule is O=C(O)Cc1ccc(F)cc1.OC1CCC(OCc2c(-c3c(Cl)cccc3Cl)noc2C2CC2)CC1. The smallest absolute Gasteiger partial charge is 0.307 e. The summed E-state index contributed by atoms with van der Waals surface area (Å²) >= 11 is 12.7. The number of carboxylic acid groups (broad SMARTS) is 1. The fourth-order valence-corrected chi connectivity index (χ4v) is 4.81. The van der Waals surface area contributed by atoms with E-state index in [0.717, 1.165) is 49.8 Å². The second kappa shape index (κ2) is 12.2. The van der Waals surface area contributed by atoms with Crippen LogP contribution in [-0.2, 0) is 22.6 Å². The lowest BCUT2D eigenvalue weighted by molar-refractivity contribution is -0.136. The number of aliphatic carboxylic acids is 1. The van der Waals surface area contributed by atoms with Gasteiger partial charge in [-0.05, 0) is 68.4 Å². The minimum atomic E-state index is -0.906. The van der Waals surface area contributed by atoms with Crippen LogP contribution in [0.25, 0.3) is 11.3 Å². The maximum atomic E-state index is 12.3. The van der Waals surface area contributed by atoms with Gasteiger partial charge in [-0.2, -0.15) is 0 Å². The van der Waals surface area contributed by atoms with Crippen molar-refractivity contribution >= 4 is 29.2 Å². The van der Waals surface area contributed by atoms with Crippen LogP contribution >= 0.6 is 23.2 Å². The van der Waals surface area contributed by atoms with Gasteiger partial charge >= 0.3 is 5.97 Å². The molecule has 1 aromatic heterocycles. The second-order valence-corrected chi connectivity index (χ2v) is 10.00. The molecule has 36 heavy (non-hydrogen) atoms. The maximum absolute atomic E-state index is 12.3. The Hall–Kier alpha value is -2.45. The van der Waals surface area contributed by atoms with Gasteiger partial charge in [-0.15, -0.1) is 0 Å². The average Bonchev–Trinajstić information content (AvgIpc) is 3.61. The molecule has 0 radical (unpaired) electrons. The molecule has 0 spiro atoms. The predicted octanol–water partition coefficient (Wildman–Crippen LogP) is 6.80. The highest BCUT2D eigenvalue weighted by atomic mass is 35.5. The first-order valence-electron chi connectivity index (χ1n) is 12.0. The Bertz CT molecular complexity index is 1150. The first-order chi connectivity index (χ1) is 17.3. The van der Waals surface area contributed by atoms with E-state index >= 15 is 0 Å². The lowest BCUT2D eigenvalue weighted by Crippen LogP contribution is -2.24. The summed E-state index contributed by atoms with van der Waals surface area (Å²) in [5.74, 6) is 0.0758. The number of aliphatic hydroxyl groups is 1. The zero-order chi connectivity index (χ0) is 25.7. The maximum Gasteiger partial charge on any atom is 0.307 e. The number of aromatic nitrogens is 1. The Balaban J connectivity index is 0.000000233. The Kier molecular flexibility index (Phi) is 9.01. The molecule has 0 unspecified atom stereocenters. The van der Waals surface area contributed by atoms with E-state index in [4.69, 9.17) is 37.6 Å². The van der Waals surface area contributed by atoms with Crippen molar-refractivity contribution in [1.82, 2.24) is 5.16 Å². The summed E-state index contributed by atoms with van der Waals surface area (Å²) in [6.07, 6.45) is 5.53. The van der Waals surface area contributed by atoms with Crippen LogP contribution in [-0.4, -0.2) is 33.5 Å². The normalized spacial score (nSPS) is 19.4. The van der Waals surface area contributed by atoms with Crippen molar-refractivity contribution in [2.75, 3.05) is 0 Å². The van der Waals surface area contributed by atoms with Crippen LogP contribution in [0.3, 0.4) is 0 Å². The van der Waals surface area contributed by atoms with E-state index < -0.39 is 5.97 Å². The van der Waals surface area contributed by atoms with Gasteiger partial charge < -0.3 is 19.5 Å². The van der Waals surface area contributed by atoms with E-state index in [1.165, 1.54) is 24.3 Å². The molecule has 2 aromatic carbocycles. The molecule has 2 fully saturated rings. The van der Waals surface area contributed by atoms with Crippen LogP contribution in [0.15, 0.2) is 47.0 Å². The largest absolute Gasteiger partial charge is 0.481 e. The summed E-state index contributed by atoms with van der Waals surface area (Å²) in [7, 11) is 0. The Morgan fingerprint density at radius 1 is 1.03 bits per heavy atom. The summed E-state index contributed by atoms with van der Waals surface area (Å²) < 4.78 is 24.1. The molecule has 0 bridgehead atoms. The molecular weight excluding hydrogens is 508 g/mol. The number of ether oxygens (including phenoxy) is 1. The summed E-state index contributed by atoms with van der Waals surface area (Å²) in [6.45, 7) is 0.437. The van der Waals surface area contributed by atoms with Crippen LogP contribution in [0.2, 0.25) is 10.0 Å². The number of benzene rings is 2. The topological polar surface area (TPSA) is 92.8 Å². The molecule has 0 amide bonds. The second-order valence-electron chi connectivity index (χ2n) is 9.18. The van der Waals surface area contributed by atoms with Gasteiger partial charge in [0.1, 0.15) is 17.3 Å². The van der Waals surface area contributed by atoms with Crippen molar-refractivity contribution in [3.05, 3.63) is 75.2 Å². The van der Waals surface area contributed by atoms with Crippen LogP contribution in [0.1, 0.15) is 61.3 Å². The Morgan fingerprint density at radius 2 is 1.67 bits per heavy atom. The van der Waals surface area contributed by atoms with E-state index in [1.807, 2.05) is 6.07 Å². The van der Waals surface area contributed by atoms with Crippen LogP contribution in [0.5, 0.6) is 0 Å². The summed E-state index contributed by atoms with van der Waals surface area (Å²) in [6, 6.07) is 10.9. The molecule has 192 valence electrons. The van der Waals surface area contributed by atoms with Gasteiger partial charge in [0, 0.05) is 17.0 Å². The van der Waals surface area contributed by atoms with Crippen LogP contribution in [0.4, 0.5) is 4.39 Å². The first kappa shape index (κ1) is 26.6. The number of rotatable bonds is 7. The quantitative estimate of drug-likeness (QED) is 0.345. The molecular formula is C27H28Cl2FNO5. The number of nitrogens with zero attached hydrogens (tertiary/aromatic N) is 1. The molecule has 5 rings (SSSR count). The predicted molar refractivity (Wildman–Crippen MR) is 135 cm³/mol. The lowest BCUT2D eigenvalue weighted by atomic mass is 9.95. The van der Waals surface area contributed by atoms with Gasteiger partial charge in [0.25, 0.3) is 0 Å². The zero-order valence-electron chi connectivity index (χ0n) is 19.6. The highest BCUT2D eigenvalue weighted by molar-refractivity contribution is 6.39. The molecule has 2 saturated carbocycles. The minimum Gasteiger partial charge on any atom is -0.481 e. The van der Waals surface area contributed by atoms with E-state index in [0.29, 0.717) is 39.4 Å². The third-order valence-electron chi connectivity index (χ3n) is 6.34. The fraction of sp³-hybridized carbons (Fsp3) is 0.407. The summed E-state index contributed by atoms with van der Waals surface area (Å²) in [4.78, 5) is 10.2. The van der Waals surface area contributed by atoms with E-state index in [-0.39, 0.29) is 24.4 Å². The molecule has 3 aromatic rings. The van der Waals surface area contributed by atoms with Gasteiger partial charge in [0.05, 0.1) is 35.3 Å². The number of carbonyl (C=O) groups is 1. The van der Waals surface area contributed by atoms with E-state index in [2.05, 4.69) is 5.16 Å². The lowest BCUT2D eigenvalue weighted by Gasteiger charge is -2.25. The third kappa shape index (κ3) is 7.07. The molecule has 0 atom stereocenters. The van der Waals surface area contributed by atoms with Crippen molar-refractivity contribution < 1.29 is 28.7 Å². The van der Waals surface area contributed by atoms with Crippen LogP contribution in [0, 0.1) is 5.82 Å². The van der Waals surface area contributed by atoms with Crippen molar-refractivity contribution in [2.45, 2.75) is 69.7 Å². The number of aliphatic hydroxyl groups excluding tert-OH is 1. The zero-order valence-corrected chi connectivity index (χ0v) is 21.1. The molecule has 0 saturated heterocycles. The molecule has 0 aliphatic heterocycles. The first-order valence-corrected chi connectivity index (χ1v) is 12.8. The van der Waals surface area contributed by atoms with Gasteiger partial charge in [-0.3, -0.25) is 4.79 Å². The van der Waals surface area contributed by atoms with E-state index in [1.54, 1.807) is 12.1 Å². The highest BCUT2D eigenvalue weighted by Gasteiger charge is 2.34. The van der Waals surface area contributed by atoms with Crippen LogP contribution < -0.4 is 0 Å². The number of hydrogen-bond donors (Lipinski definition) is 2. The number of carboxylic acids is 1. The van der Waals surface area contributed by atoms with Crippen molar-refractivity contribution in [2.24, 2.45) is 0 Å². The monoisotopic (exact) mass is 535 g/mol. The Morgan fingerprint density at radius 3 is 2.25 bits per heavy atom. The summed E-state index contributed by atoms with van der Waals surface area (Å²) in [5.41, 5.74) is 2.97. The van der Waals surface area contributed by atoms with Crippen molar-refractivity contribution in [1.29, 1.82) is 0 Å². The number of hydrogen-bond acceptors (Lipinski definition) is 5. The third-order valence-corrected chi connectivity index (χ3v) is 6.97. The van der Waals surface area contributed by atoms with E-state index in [9.17, 15) is 14.3 Å². The minimum absolute atomic E-state index is 0.0553. The van der Waals surface area contributed by atoms with Gasteiger partial charge in [-0.25, -0.2) is 4.39 Å². The van der Waals surface area contributed by atoms with Crippen molar-refractivity contribution in [3.8, 4) is 11.3 Å².